The minimum Gasteiger partial charge on any atom is -0.323 e. The van der Waals surface area contributed by atoms with Crippen LogP contribution < -0.4 is 5.32 Å². The molecule has 1 heterocycles. The minimum absolute atomic E-state index is 0.118. The van der Waals surface area contributed by atoms with Gasteiger partial charge in [-0.05, 0) is 43.2 Å². The number of aromatic nitrogens is 1. The molecule has 0 saturated heterocycles. The Morgan fingerprint density at radius 2 is 2.29 bits per heavy atom. The molecule has 3 nitrogen and oxygen atoms in total. The van der Waals surface area contributed by atoms with Gasteiger partial charge in [-0.15, -0.1) is 0 Å². The molecule has 1 aromatic heterocycles. The summed E-state index contributed by atoms with van der Waals surface area (Å²) in [7, 11) is 0. The molecule has 0 radical (unpaired) electrons. The number of nitrogens with one attached hydrogen (secondary N) is 1. The third-order valence-electron chi connectivity index (χ3n) is 4.09. The van der Waals surface area contributed by atoms with Gasteiger partial charge in [-0.3, -0.25) is 4.79 Å². The van der Waals surface area contributed by atoms with Crippen molar-refractivity contribution in [2.75, 3.05) is 5.32 Å². The lowest BCUT2D eigenvalue weighted by Gasteiger charge is -2.20. The fourth-order valence-electron chi connectivity index (χ4n) is 3.27. The van der Waals surface area contributed by atoms with Crippen LogP contribution in [0, 0.1) is 17.8 Å². The van der Waals surface area contributed by atoms with Crippen molar-refractivity contribution >= 4 is 23.2 Å². The first-order chi connectivity index (χ1) is 8.24. The average molecular weight is 251 g/mol. The van der Waals surface area contributed by atoms with Crippen molar-refractivity contribution in [2.45, 2.75) is 25.7 Å². The molecule has 2 bridgehead atoms. The van der Waals surface area contributed by atoms with Crippen LogP contribution in [0.5, 0.6) is 0 Å². The molecule has 3 rings (SSSR count). The smallest absolute Gasteiger partial charge is 0.227 e. The van der Waals surface area contributed by atoms with Crippen LogP contribution in [-0.2, 0) is 4.79 Å². The fraction of sp³-hybridized carbons (Fsp3) is 0.538. The van der Waals surface area contributed by atoms with Crippen molar-refractivity contribution in [3.63, 3.8) is 0 Å². The highest BCUT2D eigenvalue weighted by atomic mass is 35.5. The van der Waals surface area contributed by atoms with Gasteiger partial charge in [0.15, 0.2) is 5.15 Å². The molecular formula is C13H15ClN2O. The van der Waals surface area contributed by atoms with Gasteiger partial charge >= 0.3 is 0 Å². The number of hydrogen-bond donors (Lipinski definition) is 1. The Labute approximate surface area is 106 Å². The van der Waals surface area contributed by atoms with E-state index in [1.54, 1.807) is 18.3 Å². The summed E-state index contributed by atoms with van der Waals surface area (Å²) in [6.07, 6.45) is 6.42. The van der Waals surface area contributed by atoms with E-state index in [1.165, 1.54) is 19.3 Å². The lowest BCUT2D eigenvalue weighted by molar-refractivity contribution is -0.121. The molecule has 1 N–H and O–H groups in total. The van der Waals surface area contributed by atoms with Crippen LogP contribution in [-0.4, -0.2) is 10.9 Å². The van der Waals surface area contributed by atoms with Gasteiger partial charge in [-0.1, -0.05) is 18.0 Å². The zero-order valence-electron chi connectivity index (χ0n) is 9.53. The summed E-state index contributed by atoms with van der Waals surface area (Å²) in [4.78, 5) is 16.1. The van der Waals surface area contributed by atoms with Crippen molar-refractivity contribution in [1.82, 2.24) is 4.98 Å². The second-order valence-electron chi connectivity index (χ2n) is 5.11. The van der Waals surface area contributed by atoms with Crippen LogP contribution >= 0.6 is 11.6 Å². The van der Waals surface area contributed by atoms with Gasteiger partial charge in [0.1, 0.15) is 0 Å². The van der Waals surface area contributed by atoms with Crippen LogP contribution in [0.2, 0.25) is 5.15 Å². The minimum atomic E-state index is 0.118. The number of carbonyl (C=O) groups excluding carboxylic acids is 1. The Bertz CT molecular complexity index is 449. The van der Waals surface area contributed by atoms with E-state index < -0.39 is 0 Å². The van der Waals surface area contributed by atoms with Gasteiger partial charge in [0.05, 0.1) is 5.69 Å². The van der Waals surface area contributed by atoms with Crippen molar-refractivity contribution < 1.29 is 4.79 Å². The number of anilines is 1. The first kappa shape index (κ1) is 11.0. The van der Waals surface area contributed by atoms with Crippen LogP contribution in [0.1, 0.15) is 25.7 Å². The Kier molecular flexibility index (Phi) is 2.79. The predicted octanol–water partition coefficient (Wildman–Crippen LogP) is 3.11. The molecule has 0 spiro atoms. The number of fused-ring (bicyclic) bond motifs is 2. The third-order valence-corrected chi connectivity index (χ3v) is 4.39. The van der Waals surface area contributed by atoms with Gasteiger partial charge in [0.25, 0.3) is 0 Å². The summed E-state index contributed by atoms with van der Waals surface area (Å²) in [5.74, 6) is 1.67. The van der Waals surface area contributed by atoms with E-state index in [4.69, 9.17) is 11.6 Å². The van der Waals surface area contributed by atoms with E-state index in [-0.39, 0.29) is 11.8 Å². The molecule has 2 saturated carbocycles. The summed E-state index contributed by atoms with van der Waals surface area (Å²) in [6.45, 7) is 0. The Morgan fingerprint density at radius 1 is 1.41 bits per heavy atom. The number of hydrogen-bond acceptors (Lipinski definition) is 2. The number of carbonyl (C=O) groups is 1. The van der Waals surface area contributed by atoms with E-state index in [9.17, 15) is 4.79 Å². The quantitative estimate of drug-likeness (QED) is 0.820. The number of nitrogens with zero attached hydrogens (tertiary/aromatic N) is 1. The molecule has 4 heteroatoms. The van der Waals surface area contributed by atoms with Crippen molar-refractivity contribution in [1.29, 1.82) is 0 Å². The zero-order chi connectivity index (χ0) is 11.8. The standard InChI is InChI=1S/C13H15ClN2O/c14-12-11(2-1-5-15-12)16-13(17)10-7-8-3-4-9(10)6-8/h1-2,5,8-10H,3-4,6-7H2,(H,16,17)/t8-,9+,10-/m0/s1. The highest BCUT2D eigenvalue weighted by Gasteiger charge is 2.43. The Hall–Kier alpha value is -1.09. The summed E-state index contributed by atoms with van der Waals surface area (Å²) in [5, 5.41) is 3.27. The van der Waals surface area contributed by atoms with Gasteiger partial charge in [0.2, 0.25) is 5.91 Å². The molecule has 3 atom stereocenters. The highest BCUT2D eigenvalue weighted by molar-refractivity contribution is 6.32. The number of amides is 1. The van der Waals surface area contributed by atoms with E-state index in [0.717, 1.165) is 12.3 Å². The SMILES string of the molecule is O=C(Nc1cccnc1Cl)[C@H]1C[C@H]2CC[C@@H]1C2. The largest absolute Gasteiger partial charge is 0.323 e. The number of halogens is 1. The fourth-order valence-corrected chi connectivity index (χ4v) is 3.44. The summed E-state index contributed by atoms with van der Waals surface area (Å²) in [6, 6.07) is 3.57. The third kappa shape index (κ3) is 2.04. The molecule has 2 aliphatic rings. The molecular weight excluding hydrogens is 236 g/mol. The molecule has 2 aliphatic carbocycles. The van der Waals surface area contributed by atoms with Crippen LogP contribution in [0.3, 0.4) is 0 Å². The first-order valence-corrected chi connectivity index (χ1v) is 6.53. The van der Waals surface area contributed by atoms with Crippen LogP contribution in [0.25, 0.3) is 0 Å². The van der Waals surface area contributed by atoms with Crippen LogP contribution in [0.15, 0.2) is 18.3 Å². The average Bonchev–Trinajstić information content (AvgIpc) is 2.94. The topological polar surface area (TPSA) is 42.0 Å². The molecule has 0 aromatic carbocycles. The molecule has 1 aromatic rings. The van der Waals surface area contributed by atoms with Crippen molar-refractivity contribution in [2.24, 2.45) is 17.8 Å². The second-order valence-corrected chi connectivity index (χ2v) is 5.47. The molecule has 0 unspecified atom stereocenters. The number of rotatable bonds is 2. The Balaban J connectivity index is 1.70. The lowest BCUT2D eigenvalue weighted by Crippen LogP contribution is -2.27. The maximum Gasteiger partial charge on any atom is 0.227 e. The second kappa shape index (κ2) is 4.30. The summed E-state index contributed by atoms with van der Waals surface area (Å²) < 4.78 is 0. The zero-order valence-corrected chi connectivity index (χ0v) is 10.3. The molecule has 90 valence electrons. The van der Waals surface area contributed by atoms with Gasteiger partial charge in [-0.25, -0.2) is 4.98 Å². The summed E-state index contributed by atoms with van der Waals surface area (Å²) in [5.41, 5.74) is 0.627. The van der Waals surface area contributed by atoms with Gasteiger partial charge in [0, 0.05) is 12.1 Å². The van der Waals surface area contributed by atoms with E-state index in [0.29, 0.717) is 16.8 Å². The number of pyridine rings is 1. The maximum atomic E-state index is 12.2. The van der Waals surface area contributed by atoms with E-state index in [1.807, 2.05) is 0 Å². The van der Waals surface area contributed by atoms with Crippen LogP contribution in [0.4, 0.5) is 5.69 Å². The first-order valence-electron chi connectivity index (χ1n) is 6.15. The lowest BCUT2D eigenvalue weighted by atomic mass is 9.88. The maximum absolute atomic E-state index is 12.2. The van der Waals surface area contributed by atoms with E-state index in [2.05, 4.69) is 10.3 Å². The Morgan fingerprint density at radius 3 is 2.94 bits per heavy atom. The predicted molar refractivity (Wildman–Crippen MR) is 66.8 cm³/mol. The van der Waals surface area contributed by atoms with Gasteiger partial charge < -0.3 is 5.32 Å². The molecule has 0 aliphatic heterocycles. The van der Waals surface area contributed by atoms with E-state index >= 15 is 0 Å². The molecule has 17 heavy (non-hydrogen) atoms. The monoisotopic (exact) mass is 250 g/mol. The normalized spacial score (nSPS) is 30.5. The van der Waals surface area contributed by atoms with Gasteiger partial charge in [-0.2, -0.15) is 0 Å². The van der Waals surface area contributed by atoms with Crippen molar-refractivity contribution in [3.8, 4) is 0 Å². The van der Waals surface area contributed by atoms with Crippen molar-refractivity contribution in [3.05, 3.63) is 23.5 Å². The molecule has 1 amide bonds. The highest BCUT2D eigenvalue weighted by Crippen LogP contribution is 2.48. The molecule has 2 fully saturated rings. The summed E-state index contributed by atoms with van der Waals surface area (Å²) >= 11 is 5.93.